The molecule has 0 saturated carbocycles. The molecule has 5 heteroatoms. The van der Waals surface area contributed by atoms with Gasteiger partial charge in [-0.05, 0) is 6.42 Å². The molecule has 0 bridgehead atoms. The summed E-state index contributed by atoms with van der Waals surface area (Å²) in [5.41, 5.74) is 0. The Hall–Kier alpha value is 0.120. The van der Waals surface area contributed by atoms with E-state index in [4.69, 9.17) is 0 Å². The molecule has 0 aromatic heterocycles. The molecule has 0 aliphatic heterocycles. The highest BCUT2D eigenvalue weighted by Gasteiger charge is 1.65. The molecule has 54 valence electrons. The van der Waals surface area contributed by atoms with Crippen LogP contribution >= 0.6 is 0 Å². The SMILES string of the molecule is CCC(=O)[O-].[I-].[NH4+].[NH4+]. The molecule has 0 amide bonds. The molecule has 0 rings (SSSR count). The first-order chi connectivity index (χ1) is 2.27. The van der Waals surface area contributed by atoms with E-state index in [1.807, 2.05) is 0 Å². The summed E-state index contributed by atoms with van der Waals surface area (Å²) in [7, 11) is 0. The van der Waals surface area contributed by atoms with Gasteiger partial charge in [0, 0.05) is 5.97 Å². The second-order valence-corrected chi connectivity index (χ2v) is 0.726. The van der Waals surface area contributed by atoms with Gasteiger partial charge in [-0.2, -0.15) is 0 Å². The van der Waals surface area contributed by atoms with E-state index in [0.29, 0.717) is 0 Å². The van der Waals surface area contributed by atoms with E-state index in [0.717, 1.165) is 0 Å². The number of aliphatic carboxylic acids is 1. The molecule has 0 unspecified atom stereocenters. The van der Waals surface area contributed by atoms with Crippen molar-refractivity contribution in [2.45, 2.75) is 13.3 Å². The summed E-state index contributed by atoms with van der Waals surface area (Å²) >= 11 is 0. The van der Waals surface area contributed by atoms with E-state index in [-0.39, 0.29) is 42.7 Å². The summed E-state index contributed by atoms with van der Waals surface area (Å²) in [4.78, 5) is 9.26. The summed E-state index contributed by atoms with van der Waals surface area (Å²) in [6, 6.07) is 0. The number of halogens is 1. The van der Waals surface area contributed by atoms with Gasteiger partial charge in [-0.3, -0.25) is 0 Å². The van der Waals surface area contributed by atoms with Crippen LogP contribution in [-0.4, -0.2) is 5.97 Å². The Labute approximate surface area is 65.8 Å². The van der Waals surface area contributed by atoms with Crippen molar-refractivity contribution in [3.05, 3.63) is 0 Å². The predicted octanol–water partition coefficient (Wildman–Crippen LogP) is -3.10. The van der Waals surface area contributed by atoms with Crippen LogP contribution in [0, 0.1) is 0 Å². The second-order valence-electron chi connectivity index (χ2n) is 0.726. The molecular weight excluding hydrogens is 223 g/mol. The third-order valence-electron chi connectivity index (χ3n) is 0.289. The first-order valence-corrected chi connectivity index (χ1v) is 1.47. The largest absolute Gasteiger partial charge is 1.00 e. The van der Waals surface area contributed by atoms with Gasteiger partial charge in [-0.25, -0.2) is 0 Å². The molecule has 0 aliphatic rings. The van der Waals surface area contributed by atoms with Crippen LogP contribution in [0.2, 0.25) is 0 Å². The zero-order valence-corrected chi connectivity index (χ0v) is 7.56. The lowest BCUT2D eigenvalue weighted by atomic mass is 10.5. The van der Waals surface area contributed by atoms with Crippen molar-refractivity contribution in [1.82, 2.24) is 12.3 Å². The monoisotopic (exact) mass is 236 g/mol. The highest BCUT2D eigenvalue weighted by Crippen LogP contribution is 1.61. The lowest BCUT2D eigenvalue weighted by Gasteiger charge is -1.87. The Morgan fingerprint density at radius 3 is 1.62 bits per heavy atom. The smallest absolute Gasteiger partial charge is 0.0411 e. The zero-order valence-electron chi connectivity index (χ0n) is 5.40. The fourth-order valence-corrected chi connectivity index (χ4v) is 0. The normalized spacial score (nSPS) is 4.62. The van der Waals surface area contributed by atoms with E-state index < -0.39 is 5.97 Å². The minimum Gasteiger partial charge on any atom is -1.00 e. The summed E-state index contributed by atoms with van der Waals surface area (Å²) in [6.45, 7) is 1.54. The third kappa shape index (κ3) is 35.7. The van der Waals surface area contributed by atoms with Gasteiger partial charge in [0.25, 0.3) is 0 Å². The molecule has 0 radical (unpaired) electrons. The van der Waals surface area contributed by atoms with Crippen LogP contribution in [0.25, 0.3) is 0 Å². The van der Waals surface area contributed by atoms with Gasteiger partial charge in [-0.1, -0.05) is 6.92 Å². The number of quaternary nitrogens is 2. The molecule has 8 N–H and O–H groups in total. The highest BCUT2D eigenvalue weighted by molar-refractivity contribution is 5.63. The summed E-state index contributed by atoms with van der Waals surface area (Å²) in [5, 5.41) is 9.26. The van der Waals surface area contributed by atoms with Gasteiger partial charge in [0.15, 0.2) is 0 Å². The number of hydrogen-bond donors (Lipinski definition) is 2. The second kappa shape index (κ2) is 15.7. The van der Waals surface area contributed by atoms with Crippen molar-refractivity contribution in [2.75, 3.05) is 0 Å². The van der Waals surface area contributed by atoms with Crippen LogP contribution in [0.3, 0.4) is 0 Å². The van der Waals surface area contributed by atoms with E-state index in [1.54, 1.807) is 0 Å². The van der Waals surface area contributed by atoms with Gasteiger partial charge in [0.05, 0.1) is 0 Å². The fourth-order valence-electron chi connectivity index (χ4n) is 0. The van der Waals surface area contributed by atoms with Crippen molar-refractivity contribution in [1.29, 1.82) is 0 Å². The molecule has 0 aliphatic carbocycles. The van der Waals surface area contributed by atoms with Crippen LogP contribution in [0.5, 0.6) is 0 Å². The number of carbonyl (C=O) groups excluding carboxylic acids is 1. The standard InChI is InChI=1S/C3H6O2.HI.2H3N/c1-2-3(4)5;;;/h2H2,1H3,(H,4,5);1H;2*1H3. The van der Waals surface area contributed by atoms with Gasteiger partial charge in [-0.15, -0.1) is 0 Å². The number of carboxylic acids is 1. The summed E-state index contributed by atoms with van der Waals surface area (Å²) in [5.74, 6) is -0.995. The fraction of sp³-hybridized carbons (Fsp3) is 0.667. The molecule has 0 aromatic rings. The highest BCUT2D eigenvalue weighted by atomic mass is 127. The van der Waals surface area contributed by atoms with E-state index in [2.05, 4.69) is 0 Å². The van der Waals surface area contributed by atoms with Crippen LogP contribution < -0.4 is 41.4 Å². The Morgan fingerprint density at radius 2 is 1.62 bits per heavy atom. The zero-order chi connectivity index (χ0) is 4.28. The molecule has 4 nitrogen and oxygen atoms in total. The lowest BCUT2D eigenvalue weighted by molar-refractivity contribution is -0.305. The van der Waals surface area contributed by atoms with Gasteiger partial charge in [0.2, 0.25) is 0 Å². The first-order valence-electron chi connectivity index (χ1n) is 1.47. The first kappa shape index (κ1) is 24.3. The molecule has 0 saturated heterocycles. The molecule has 0 fully saturated rings. The average molecular weight is 236 g/mol. The molecule has 0 aromatic carbocycles. The minimum atomic E-state index is -0.995. The number of hydrogen-bond acceptors (Lipinski definition) is 2. The van der Waals surface area contributed by atoms with Crippen molar-refractivity contribution in [3.8, 4) is 0 Å². The molecular formula is C3H13IN2O2. The molecule has 8 heavy (non-hydrogen) atoms. The van der Waals surface area contributed by atoms with Crippen LogP contribution in [-0.2, 0) is 4.79 Å². The Kier molecular flexibility index (Phi) is 47.6. The summed E-state index contributed by atoms with van der Waals surface area (Å²) < 4.78 is 0. The van der Waals surface area contributed by atoms with Crippen molar-refractivity contribution in [3.63, 3.8) is 0 Å². The molecule has 0 spiro atoms. The van der Waals surface area contributed by atoms with Gasteiger partial charge >= 0.3 is 0 Å². The maximum absolute atomic E-state index is 9.26. The maximum Gasteiger partial charge on any atom is 0.0411 e. The third-order valence-corrected chi connectivity index (χ3v) is 0.289. The van der Waals surface area contributed by atoms with Crippen LogP contribution in [0.15, 0.2) is 0 Å². The van der Waals surface area contributed by atoms with E-state index in [9.17, 15) is 9.90 Å². The van der Waals surface area contributed by atoms with Gasteiger partial charge < -0.3 is 46.2 Å². The van der Waals surface area contributed by atoms with Crippen molar-refractivity contribution in [2.24, 2.45) is 0 Å². The Balaban J connectivity index is -0.0000000267. The molecule has 0 heterocycles. The number of carbonyl (C=O) groups is 1. The minimum absolute atomic E-state index is 0. The number of rotatable bonds is 1. The quantitative estimate of drug-likeness (QED) is 0.469. The van der Waals surface area contributed by atoms with Crippen molar-refractivity contribution < 1.29 is 33.9 Å². The van der Waals surface area contributed by atoms with Crippen molar-refractivity contribution >= 4 is 5.97 Å². The maximum atomic E-state index is 9.26. The summed E-state index contributed by atoms with van der Waals surface area (Å²) in [6.07, 6.45) is 0.111. The van der Waals surface area contributed by atoms with Crippen LogP contribution in [0.4, 0.5) is 0 Å². The predicted molar refractivity (Wildman–Crippen MR) is 27.3 cm³/mol. The Bertz CT molecular complexity index is 50.5. The van der Waals surface area contributed by atoms with Gasteiger partial charge in [0.1, 0.15) is 0 Å². The molecule has 0 atom stereocenters. The van der Waals surface area contributed by atoms with Crippen LogP contribution in [0.1, 0.15) is 13.3 Å². The average Bonchev–Trinajstić information content (AvgIpc) is 1.38. The Morgan fingerprint density at radius 1 is 1.50 bits per heavy atom. The number of carboxylic acid groups (broad SMARTS) is 1. The lowest BCUT2D eigenvalue weighted by Crippen LogP contribution is -3.00. The topological polar surface area (TPSA) is 113 Å². The van der Waals surface area contributed by atoms with E-state index in [1.165, 1.54) is 6.92 Å². The van der Waals surface area contributed by atoms with E-state index >= 15 is 0 Å².